The summed E-state index contributed by atoms with van der Waals surface area (Å²) in [5.41, 5.74) is 11.6. The molecule has 5 N–H and O–H groups in total. The molecule has 0 aromatic carbocycles. The molecule has 0 spiro atoms. The molecule has 5 nitrogen and oxygen atoms in total. The molecule has 0 aliphatic carbocycles. The molecule has 12 heavy (non-hydrogen) atoms. The monoisotopic (exact) mass is 167 g/mol. The summed E-state index contributed by atoms with van der Waals surface area (Å²) in [7, 11) is 0. The standard InChI is InChI=1S/C7H9N3O2/c8-4-1-5(3-7(11)12)10-6(9)2-4/h1-2H,3H2,(H,11,12)(H4,8,9,10). The maximum atomic E-state index is 10.3. The lowest BCUT2D eigenvalue weighted by molar-refractivity contribution is -0.136. The van der Waals surface area contributed by atoms with Crippen molar-refractivity contribution in [2.45, 2.75) is 6.42 Å². The van der Waals surface area contributed by atoms with Gasteiger partial charge in [-0.1, -0.05) is 0 Å². The Kier molecular flexibility index (Phi) is 2.14. The molecule has 1 rings (SSSR count). The number of rotatable bonds is 2. The number of pyridine rings is 1. The lowest BCUT2D eigenvalue weighted by atomic mass is 10.2. The van der Waals surface area contributed by atoms with E-state index in [1.807, 2.05) is 0 Å². The number of nitrogens with zero attached hydrogens (tertiary/aromatic N) is 1. The molecule has 0 fully saturated rings. The van der Waals surface area contributed by atoms with Gasteiger partial charge in [-0.15, -0.1) is 0 Å². The minimum Gasteiger partial charge on any atom is -0.481 e. The largest absolute Gasteiger partial charge is 0.481 e. The molecule has 0 aliphatic rings. The van der Waals surface area contributed by atoms with E-state index >= 15 is 0 Å². The van der Waals surface area contributed by atoms with Gasteiger partial charge in [0.25, 0.3) is 0 Å². The molecular weight excluding hydrogens is 158 g/mol. The van der Waals surface area contributed by atoms with Gasteiger partial charge < -0.3 is 16.6 Å². The smallest absolute Gasteiger partial charge is 0.309 e. The fourth-order valence-electron chi connectivity index (χ4n) is 0.881. The molecule has 0 atom stereocenters. The molecular formula is C7H9N3O2. The van der Waals surface area contributed by atoms with Crippen molar-refractivity contribution >= 4 is 17.5 Å². The van der Waals surface area contributed by atoms with Crippen LogP contribution >= 0.6 is 0 Å². The summed E-state index contributed by atoms with van der Waals surface area (Å²) in [6, 6.07) is 2.97. The highest BCUT2D eigenvalue weighted by molar-refractivity contribution is 5.70. The molecule has 0 bridgehead atoms. The zero-order valence-electron chi connectivity index (χ0n) is 6.32. The fourth-order valence-corrected chi connectivity index (χ4v) is 0.881. The Morgan fingerprint density at radius 3 is 2.67 bits per heavy atom. The predicted octanol–water partition coefficient (Wildman–Crippen LogP) is -0.127. The van der Waals surface area contributed by atoms with Crippen LogP contribution in [0.3, 0.4) is 0 Å². The van der Waals surface area contributed by atoms with Crippen LogP contribution in [0.1, 0.15) is 5.69 Å². The Morgan fingerprint density at radius 2 is 2.17 bits per heavy atom. The third-order valence-electron chi connectivity index (χ3n) is 1.25. The number of nitrogens with two attached hydrogens (primary N) is 2. The van der Waals surface area contributed by atoms with Crippen molar-refractivity contribution in [2.24, 2.45) is 0 Å². The molecule has 5 heteroatoms. The van der Waals surface area contributed by atoms with Crippen LogP contribution in [-0.4, -0.2) is 16.1 Å². The number of anilines is 2. The maximum Gasteiger partial charge on any atom is 0.309 e. The van der Waals surface area contributed by atoms with Gasteiger partial charge in [-0.2, -0.15) is 0 Å². The summed E-state index contributed by atoms with van der Waals surface area (Å²) >= 11 is 0. The highest BCUT2D eigenvalue weighted by Crippen LogP contribution is 2.09. The van der Waals surface area contributed by atoms with Gasteiger partial charge in [0.2, 0.25) is 0 Å². The van der Waals surface area contributed by atoms with Gasteiger partial charge in [0.1, 0.15) is 5.82 Å². The minimum absolute atomic E-state index is 0.158. The third-order valence-corrected chi connectivity index (χ3v) is 1.25. The first kappa shape index (κ1) is 8.32. The van der Waals surface area contributed by atoms with Gasteiger partial charge in [-0.3, -0.25) is 4.79 Å². The zero-order chi connectivity index (χ0) is 9.14. The molecule has 1 heterocycles. The van der Waals surface area contributed by atoms with E-state index in [2.05, 4.69) is 4.98 Å². The number of aromatic nitrogens is 1. The van der Waals surface area contributed by atoms with Crippen molar-refractivity contribution in [3.05, 3.63) is 17.8 Å². The van der Waals surface area contributed by atoms with Crippen molar-refractivity contribution < 1.29 is 9.90 Å². The van der Waals surface area contributed by atoms with Gasteiger partial charge >= 0.3 is 5.97 Å². The number of carbonyl (C=O) groups is 1. The van der Waals surface area contributed by atoms with Crippen molar-refractivity contribution in [1.29, 1.82) is 0 Å². The van der Waals surface area contributed by atoms with Gasteiger partial charge in [-0.05, 0) is 6.07 Å². The van der Waals surface area contributed by atoms with Crippen LogP contribution in [0, 0.1) is 0 Å². The number of carboxylic acid groups (broad SMARTS) is 1. The van der Waals surface area contributed by atoms with Crippen LogP contribution in [0.25, 0.3) is 0 Å². The Morgan fingerprint density at radius 1 is 1.50 bits per heavy atom. The van der Waals surface area contributed by atoms with E-state index in [1.165, 1.54) is 12.1 Å². The number of hydrogen-bond acceptors (Lipinski definition) is 4. The Balaban J connectivity index is 2.93. The Bertz CT molecular complexity index is 291. The molecule has 0 radical (unpaired) electrons. The van der Waals surface area contributed by atoms with E-state index in [0.29, 0.717) is 11.4 Å². The summed E-state index contributed by atoms with van der Waals surface area (Å²) < 4.78 is 0. The first-order valence-electron chi connectivity index (χ1n) is 3.31. The first-order valence-corrected chi connectivity index (χ1v) is 3.31. The second-order valence-corrected chi connectivity index (χ2v) is 2.39. The average Bonchev–Trinajstić information content (AvgIpc) is 1.81. The first-order chi connectivity index (χ1) is 5.58. The predicted molar refractivity (Wildman–Crippen MR) is 44.4 cm³/mol. The quantitative estimate of drug-likeness (QED) is 0.569. The van der Waals surface area contributed by atoms with Crippen molar-refractivity contribution in [3.8, 4) is 0 Å². The SMILES string of the molecule is Nc1cc(N)nc(CC(=O)O)c1. The summed E-state index contributed by atoms with van der Waals surface area (Å²) in [6.07, 6.45) is -0.158. The van der Waals surface area contributed by atoms with E-state index in [1.54, 1.807) is 0 Å². The number of nitrogen functional groups attached to an aromatic ring is 2. The molecule has 0 aliphatic heterocycles. The van der Waals surface area contributed by atoms with Crippen LogP contribution in [0.4, 0.5) is 11.5 Å². The topological polar surface area (TPSA) is 102 Å². The fraction of sp³-hybridized carbons (Fsp3) is 0.143. The van der Waals surface area contributed by atoms with Crippen molar-refractivity contribution in [2.75, 3.05) is 11.5 Å². The number of aliphatic carboxylic acids is 1. The lowest BCUT2D eigenvalue weighted by Crippen LogP contribution is -2.05. The third kappa shape index (κ3) is 2.12. The second kappa shape index (κ2) is 3.08. The molecule has 64 valence electrons. The highest BCUT2D eigenvalue weighted by Gasteiger charge is 2.03. The van der Waals surface area contributed by atoms with Crippen molar-refractivity contribution in [3.63, 3.8) is 0 Å². The van der Waals surface area contributed by atoms with Crippen LogP contribution in [0.15, 0.2) is 12.1 Å². The summed E-state index contributed by atoms with van der Waals surface area (Å²) in [4.78, 5) is 14.1. The molecule has 1 aromatic heterocycles. The minimum atomic E-state index is -0.951. The molecule has 1 aromatic rings. The van der Waals surface area contributed by atoms with E-state index < -0.39 is 5.97 Å². The maximum absolute atomic E-state index is 10.3. The van der Waals surface area contributed by atoms with E-state index in [4.69, 9.17) is 16.6 Å². The second-order valence-electron chi connectivity index (χ2n) is 2.39. The summed E-state index contributed by atoms with van der Waals surface area (Å²) in [5.74, 6) is -0.709. The summed E-state index contributed by atoms with van der Waals surface area (Å²) in [5, 5.41) is 8.43. The van der Waals surface area contributed by atoms with Gasteiger partial charge in [-0.25, -0.2) is 4.98 Å². The zero-order valence-corrected chi connectivity index (χ0v) is 6.32. The Labute approximate surface area is 69.0 Å². The van der Waals surface area contributed by atoms with E-state index in [0.717, 1.165) is 0 Å². The number of hydrogen-bond donors (Lipinski definition) is 3. The number of carboxylic acids is 1. The highest BCUT2D eigenvalue weighted by atomic mass is 16.4. The molecule has 0 saturated heterocycles. The van der Waals surface area contributed by atoms with Gasteiger partial charge in [0, 0.05) is 11.8 Å². The summed E-state index contributed by atoms with van der Waals surface area (Å²) in [6.45, 7) is 0. The normalized spacial score (nSPS) is 9.67. The Hall–Kier alpha value is -1.78. The lowest BCUT2D eigenvalue weighted by Gasteiger charge is -1.99. The van der Waals surface area contributed by atoms with Crippen molar-refractivity contribution in [1.82, 2.24) is 4.98 Å². The van der Waals surface area contributed by atoms with Crippen LogP contribution < -0.4 is 11.5 Å². The van der Waals surface area contributed by atoms with Gasteiger partial charge in [0.15, 0.2) is 0 Å². The average molecular weight is 167 g/mol. The molecule has 0 unspecified atom stereocenters. The van der Waals surface area contributed by atoms with E-state index in [-0.39, 0.29) is 12.2 Å². The van der Waals surface area contributed by atoms with Gasteiger partial charge in [0.05, 0.1) is 12.1 Å². The molecule has 0 saturated carbocycles. The van der Waals surface area contributed by atoms with Crippen LogP contribution in [0.5, 0.6) is 0 Å². The van der Waals surface area contributed by atoms with E-state index in [9.17, 15) is 4.79 Å². The molecule has 0 amide bonds. The van der Waals surface area contributed by atoms with Crippen LogP contribution in [-0.2, 0) is 11.2 Å². The van der Waals surface area contributed by atoms with Crippen LogP contribution in [0.2, 0.25) is 0 Å².